The van der Waals surface area contributed by atoms with Gasteiger partial charge in [-0.2, -0.15) is 0 Å². The van der Waals surface area contributed by atoms with E-state index < -0.39 is 5.41 Å². The molecule has 2 heteroatoms. The number of para-hydroxylation sites is 1. The van der Waals surface area contributed by atoms with Crippen LogP contribution in [-0.4, -0.2) is 4.57 Å². The molecular formula is C49H27NO. The lowest BCUT2D eigenvalue weighted by molar-refractivity contribution is 0.669. The number of hydrogen-bond donors (Lipinski definition) is 0. The van der Waals surface area contributed by atoms with Crippen LogP contribution in [0.25, 0.3) is 93.2 Å². The Labute approximate surface area is 292 Å². The van der Waals surface area contributed by atoms with Crippen molar-refractivity contribution in [2.45, 2.75) is 5.41 Å². The molecule has 0 saturated carbocycles. The summed E-state index contributed by atoms with van der Waals surface area (Å²) in [5, 5.41) is 9.91. The molecule has 0 aliphatic heterocycles. The Bertz CT molecular complexity index is 3270. The van der Waals surface area contributed by atoms with Gasteiger partial charge in [0.2, 0.25) is 0 Å². The Morgan fingerprint density at radius 3 is 1.67 bits per heavy atom. The van der Waals surface area contributed by atoms with E-state index in [-0.39, 0.29) is 0 Å². The highest BCUT2D eigenvalue weighted by Gasteiger charge is 2.52. The average molecular weight is 646 g/mol. The van der Waals surface area contributed by atoms with Crippen LogP contribution in [0.1, 0.15) is 22.3 Å². The number of fused-ring (bicyclic) bond motifs is 17. The summed E-state index contributed by atoms with van der Waals surface area (Å²) >= 11 is 0. The molecule has 0 fully saturated rings. The van der Waals surface area contributed by atoms with Crippen molar-refractivity contribution in [2.24, 2.45) is 0 Å². The van der Waals surface area contributed by atoms with E-state index in [1.807, 2.05) is 0 Å². The summed E-state index contributed by atoms with van der Waals surface area (Å²) in [6.45, 7) is 0. The zero-order chi connectivity index (χ0) is 33.0. The second-order valence-corrected chi connectivity index (χ2v) is 14.3. The number of hydrogen-bond acceptors (Lipinski definition) is 1. The van der Waals surface area contributed by atoms with Crippen LogP contribution in [-0.2, 0) is 5.41 Å². The van der Waals surface area contributed by atoms with E-state index in [9.17, 15) is 0 Å². The van der Waals surface area contributed by atoms with Gasteiger partial charge >= 0.3 is 0 Å². The zero-order valence-corrected chi connectivity index (χ0v) is 27.4. The summed E-state index contributed by atoms with van der Waals surface area (Å²) < 4.78 is 9.04. The van der Waals surface area contributed by atoms with Gasteiger partial charge in [-0.3, -0.25) is 0 Å². The quantitative estimate of drug-likeness (QED) is 0.163. The Balaban J connectivity index is 1.26. The molecule has 2 nitrogen and oxygen atoms in total. The van der Waals surface area contributed by atoms with Crippen molar-refractivity contribution in [3.63, 3.8) is 0 Å². The SMILES string of the molecule is c1ccc2c(c1)-c1ccccc1C21c2ccccc2-c2c1ccc1c3ccccc3n(-c3cccc4c5cccc6oc7cccc(c34)c7c65)c21. The Hall–Kier alpha value is -6.64. The molecule has 13 rings (SSSR count). The molecule has 0 unspecified atom stereocenters. The van der Waals surface area contributed by atoms with Crippen molar-refractivity contribution in [3.8, 4) is 27.9 Å². The summed E-state index contributed by atoms with van der Waals surface area (Å²) in [6.07, 6.45) is 0. The van der Waals surface area contributed by atoms with Crippen molar-refractivity contribution >= 4 is 65.3 Å². The molecule has 0 saturated heterocycles. The van der Waals surface area contributed by atoms with Gasteiger partial charge in [0.05, 0.1) is 22.1 Å². The topological polar surface area (TPSA) is 18.1 Å². The monoisotopic (exact) mass is 645 g/mol. The van der Waals surface area contributed by atoms with Crippen LogP contribution < -0.4 is 0 Å². The minimum atomic E-state index is -0.405. The highest BCUT2D eigenvalue weighted by molar-refractivity contribution is 6.34. The molecule has 0 N–H and O–H groups in total. The van der Waals surface area contributed by atoms with Crippen molar-refractivity contribution in [2.75, 3.05) is 0 Å². The number of furan rings is 1. The van der Waals surface area contributed by atoms with Gasteiger partial charge in [-0.05, 0) is 79.4 Å². The first kappa shape index (κ1) is 26.3. The lowest BCUT2D eigenvalue weighted by Gasteiger charge is -2.30. The fraction of sp³-hybridized carbons (Fsp3) is 0.0204. The highest BCUT2D eigenvalue weighted by atomic mass is 16.3. The molecule has 2 aromatic heterocycles. The maximum atomic E-state index is 6.46. The minimum Gasteiger partial charge on any atom is -0.456 e. The molecule has 51 heavy (non-hydrogen) atoms. The smallest absolute Gasteiger partial charge is 0.136 e. The predicted molar refractivity (Wildman–Crippen MR) is 211 cm³/mol. The van der Waals surface area contributed by atoms with Gasteiger partial charge in [0, 0.05) is 32.5 Å². The van der Waals surface area contributed by atoms with Gasteiger partial charge in [-0.1, -0.05) is 140 Å². The van der Waals surface area contributed by atoms with Gasteiger partial charge in [0.15, 0.2) is 0 Å². The van der Waals surface area contributed by atoms with Gasteiger partial charge < -0.3 is 8.98 Å². The maximum absolute atomic E-state index is 6.46. The summed E-state index contributed by atoms with van der Waals surface area (Å²) in [4.78, 5) is 0. The second-order valence-electron chi connectivity index (χ2n) is 14.3. The molecule has 9 aromatic carbocycles. The first-order chi connectivity index (χ1) is 25.3. The van der Waals surface area contributed by atoms with E-state index in [0.29, 0.717) is 0 Å². The maximum Gasteiger partial charge on any atom is 0.136 e. The van der Waals surface area contributed by atoms with E-state index in [1.54, 1.807) is 0 Å². The van der Waals surface area contributed by atoms with Crippen molar-refractivity contribution in [3.05, 3.63) is 186 Å². The lowest BCUT2D eigenvalue weighted by Crippen LogP contribution is -2.25. The largest absolute Gasteiger partial charge is 0.456 e. The normalized spacial score (nSPS) is 14.0. The molecule has 0 amide bonds. The van der Waals surface area contributed by atoms with Crippen LogP contribution in [0.3, 0.4) is 0 Å². The third-order valence-electron chi connectivity index (χ3n) is 12.2. The molecule has 0 radical (unpaired) electrons. The van der Waals surface area contributed by atoms with Gasteiger partial charge in [-0.15, -0.1) is 0 Å². The first-order valence-electron chi connectivity index (χ1n) is 17.8. The standard InChI is InChI=1S/C49H27NO/c1-5-19-36-28(12-1)29-13-2-6-20-37(29)49(36)38-21-7-3-15-34(38)45-39(49)27-26-33-30-14-4-8-22-40(30)50(48(33)45)41-23-9-16-31-32-17-10-24-42-46(32)47-35(44(31)41)18-11-25-43(47)51-42/h1-27H. The molecule has 11 aromatic rings. The number of aromatic nitrogens is 1. The van der Waals surface area contributed by atoms with E-state index in [2.05, 4.69) is 168 Å². The van der Waals surface area contributed by atoms with Crippen LogP contribution in [0.15, 0.2) is 168 Å². The summed E-state index contributed by atoms with van der Waals surface area (Å²) in [6, 6.07) is 60.9. The van der Waals surface area contributed by atoms with E-state index >= 15 is 0 Å². The zero-order valence-electron chi connectivity index (χ0n) is 27.4. The fourth-order valence-corrected chi connectivity index (χ4v) is 10.4. The van der Waals surface area contributed by atoms with E-state index in [0.717, 1.165) is 11.2 Å². The number of rotatable bonds is 1. The highest BCUT2D eigenvalue weighted by Crippen LogP contribution is 2.64. The molecule has 2 aliphatic carbocycles. The van der Waals surface area contributed by atoms with Crippen LogP contribution in [0.4, 0.5) is 0 Å². The summed E-state index contributed by atoms with van der Waals surface area (Å²) in [7, 11) is 0. The third kappa shape index (κ3) is 2.88. The molecule has 234 valence electrons. The van der Waals surface area contributed by atoms with Crippen LogP contribution in [0.2, 0.25) is 0 Å². The van der Waals surface area contributed by atoms with E-state index in [4.69, 9.17) is 4.42 Å². The van der Waals surface area contributed by atoms with Crippen molar-refractivity contribution < 1.29 is 4.42 Å². The Kier molecular flexibility index (Phi) is 4.60. The minimum absolute atomic E-state index is 0.405. The second kappa shape index (κ2) is 8.93. The molecule has 0 atom stereocenters. The van der Waals surface area contributed by atoms with E-state index in [1.165, 1.54) is 104 Å². The van der Waals surface area contributed by atoms with Gasteiger partial charge in [-0.25, -0.2) is 0 Å². The lowest BCUT2D eigenvalue weighted by atomic mass is 9.70. The molecule has 1 spiro atoms. The third-order valence-corrected chi connectivity index (χ3v) is 12.2. The van der Waals surface area contributed by atoms with Crippen molar-refractivity contribution in [1.82, 2.24) is 4.57 Å². The van der Waals surface area contributed by atoms with Crippen LogP contribution in [0, 0.1) is 0 Å². The molecule has 0 bridgehead atoms. The molecular weight excluding hydrogens is 619 g/mol. The molecule has 2 heterocycles. The predicted octanol–water partition coefficient (Wildman–Crippen LogP) is 12.8. The van der Waals surface area contributed by atoms with Gasteiger partial charge in [0.1, 0.15) is 11.2 Å². The molecule has 2 aliphatic rings. The Morgan fingerprint density at radius 1 is 0.373 bits per heavy atom. The van der Waals surface area contributed by atoms with Crippen LogP contribution >= 0.6 is 0 Å². The Morgan fingerprint density at radius 2 is 0.922 bits per heavy atom. The first-order valence-corrected chi connectivity index (χ1v) is 17.8. The van der Waals surface area contributed by atoms with Gasteiger partial charge in [0.25, 0.3) is 0 Å². The van der Waals surface area contributed by atoms with Crippen LogP contribution in [0.5, 0.6) is 0 Å². The summed E-state index contributed by atoms with van der Waals surface area (Å²) in [5.41, 5.74) is 15.9. The number of nitrogens with zero attached hydrogens (tertiary/aromatic N) is 1. The average Bonchev–Trinajstić information content (AvgIpc) is 3.91. The number of benzene rings is 9. The van der Waals surface area contributed by atoms with Crippen molar-refractivity contribution in [1.29, 1.82) is 0 Å². The summed E-state index contributed by atoms with van der Waals surface area (Å²) in [5.74, 6) is 0. The fourth-order valence-electron chi connectivity index (χ4n) is 10.4.